The summed E-state index contributed by atoms with van der Waals surface area (Å²) in [5, 5.41) is 8.83. The zero-order chi connectivity index (χ0) is 12.3. The molecule has 0 aliphatic heterocycles. The summed E-state index contributed by atoms with van der Waals surface area (Å²) < 4.78 is 1.74. The Morgan fingerprint density at radius 3 is 2.88 bits per heavy atom. The number of nitriles is 1. The van der Waals surface area contributed by atoms with Gasteiger partial charge in [-0.1, -0.05) is 12.8 Å². The molecule has 1 aliphatic carbocycles. The van der Waals surface area contributed by atoms with Gasteiger partial charge in [0.05, 0.1) is 12.4 Å². The van der Waals surface area contributed by atoms with Crippen LogP contribution in [0.1, 0.15) is 36.2 Å². The van der Waals surface area contributed by atoms with Gasteiger partial charge >= 0.3 is 0 Å². The predicted octanol–water partition coefficient (Wildman–Crippen LogP) is 1.33. The average molecular weight is 232 g/mol. The highest BCUT2D eigenvalue weighted by atomic mass is 16.2. The molecule has 90 valence electrons. The first kappa shape index (κ1) is 11.6. The van der Waals surface area contributed by atoms with Gasteiger partial charge in [-0.25, -0.2) is 4.98 Å². The second kappa shape index (κ2) is 5.00. The normalized spacial score (nSPS) is 15.8. The minimum absolute atomic E-state index is 0.126. The fourth-order valence-corrected chi connectivity index (χ4v) is 2.33. The number of carbonyl (C=O) groups excluding carboxylic acids is 1. The van der Waals surface area contributed by atoms with Crippen molar-refractivity contribution >= 4 is 5.91 Å². The van der Waals surface area contributed by atoms with Crippen molar-refractivity contribution in [2.24, 2.45) is 7.05 Å². The molecule has 5 nitrogen and oxygen atoms in total. The monoisotopic (exact) mass is 232 g/mol. The van der Waals surface area contributed by atoms with Crippen molar-refractivity contribution in [3.05, 3.63) is 18.2 Å². The van der Waals surface area contributed by atoms with Crippen LogP contribution in [0.5, 0.6) is 0 Å². The van der Waals surface area contributed by atoms with E-state index in [4.69, 9.17) is 5.26 Å². The summed E-state index contributed by atoms with van der Waals surface area (Å²) in [6.07, 6.45) is 7.58. The van der Waals surface area contributed by atoms with Crippen molar-refractivity contribution in [2.75, 3.05) is 6.54 Å². The number of hydrogen-bond acceptors (Lipinski definition) is 3. The van der Waals surface area contributed by atoms with E-state index in [0.717, 1.165) is 25.7 Å². The standard InChI is InChI=1S/C12H16N4O/c1-15-8-11(14-9-15)12(17)16(7-6-13)10-4-2-3-5-10/h8-10H,2-5,7H2,1H3. The van der Waals surface area contributed by atoms with Crippen LogP contribution in [0.3, 0.4) is 0 Å². The van der Waals surface area contributed by atoms with Gasteiger partial charge in [0, 0.05) is 19.3 Å². The molecule has 1 aromatic heterocycles. The van der Waals surface area contributed by atoms with Crippen LogP contribution in [0.25, 0.3) is 0 Å². The largest absolute Gasteiger partial charge is 0.340 e. The minimum Gasteiger partial charge on any atom is -0.340 e. The van der Waals surface area contributed by atoms with E-state index >= 15 is 0 Å². The quantitative estimate of drug-likeness (QED) is 0.738. The second-order valence-electron chi connectivity index (χ2n) is 4.45. The lowest BCUT2D eigenvalue weighted by Crippen LogP contribution is -2.39. The number of rotatable bonds is 3. The van der Waals surface area contributed by atoms with Crippen LogP contribution in [-0.4, -0.2) is 32.9 Å². The first-order valence-corrected chi connectivity index (χ1v) is 5.88. The second-order valence-corrected chi connectivity index (χ2v) is 4.45. The molecular weight excluding hydrogens is 216 g/mol. The summed E-state index contributed by atoms with van der Waals surface area (Å²) in [5.41, 5.74) is 0.426. The van der Waals surface area contributed by atoms with Crippen molar-refractivity contribution in [3.8, 4) is 6.07 Å². The van der Waals surface area contributed by atoms with Crippen LogP contribution in [-0.2, 0) is 7.05 Å². The van der Waals surface area contributed by atoms with Crippen molar-refractivity contribution in [2.45, 2.75) is 31.7 Å². The van der Waals surface area contributed by atoms with Crippen LogP contribution in [0, 0.1) is 11.3 Å². The van der Waals surface area contributed by atoms with Crippen molar-refractivity contribution in [3.63, 3.8) is 0 Å². The van der Waals surface area contributed by atoms with Gasteiger partial charge in [-0.3, -0.25) is 4.79 Å². The molecule has 0 aromatic carbocycles. The zero-order valence-corrected chi connectivity index (χ0v) is 9.96. The van der Waals surface area contributed by atoms with Crippen LogP contribution < -0.4 is 0 Å². The third-order valence-electron chi connectivity index (χ3n) is 3.19. The van der Waals surface area contributed by atoms with E-state index in [9.17, 15) is 4.79 Å². The molecule has 1 aromatic rings. The number of carbonyl (C=O) groups is 1. The smallest absolute Gasteiger partial charge is 0.275 e. The first-order chi connectivity index (χ1) is 8.22. The molecule has 0 saturated heterocycles. The van der Waals surface area contributed by atoms with Crippen LogP contribution >= 0.6 is 0 Å². The molecule has 1 fully saturated rings. The highest BCUT2D eigenvalue weighted by Crippen LogP contribution is 2.24. The number of hydrogen-bond donors (Lipinski definition) is 0. The molecule has 5 heteroatoms. The fraction of sp³-hybridized carbons (Fsp3) is 0.583. The molecule has 0 bridgehead atoms. The van der Waals surface area contributed by atoms with Crippen molar-refractivity contribution < 1.29 is 4.79 Å². The van der Waals surface area contributed by atoms with Gasteiger partial charge in [-0.05, 0) is 12.8 Å². The molecule has 1 aliphatic rings. The molecule has 17 heavy (non-hydrogen) atoms. The minimum atomic E-state index is -0.126. The summed E-state index contributed by atoms with van der Waals surface area (Å²) in [5.74, 6) is -0.126. The maximum absolute atomic E-state index is 12.2. The van der Waals surface area contributed by atoms with E-state index in [1.165, 1.54) is 0 Å². The Balaban J connectivity index is 2.15. The van der Waals surface area contributed by atoms with Gasteiger partial charge in [0.15, 0.2) is 0 Å². The molecule has 1 amide bonds. The van der Waals surface area contributed by atoms with Crippen LogP contribution in [0.15, 0.2) is 12.5 Å². The van der Waals surface area contributed by atoms with Crippen molar-refractivity contribution in [1.29, 1.82) is 5.26 Å². The molecule has 2 rings (SSSR count). The molecule has 0 spiro atoms. The predicted molar refractivity (Wildman–Crippen MR) is 62.1 cm³/mol. The number of amides is 1. The summed E-state index contributed by atoms with van der Waals surface area (Å²) in [6.45, 7) is 0.153. The number of imidazole rings is 1. The molecule has 1 saturated carbocycles. The van der Waals surface area contributed by atoms with E-state index in [1.807, 2.05) is 7.05 Å². The molecule has 0 radical (unpaired) electrons. The lowest BCUT2D eigenvalue weighted by Gasteiger charge is -2.25. The zero-order valence-electron chi connectivity index (χ0n) is 9.96. The Morgan fingerprint density at radius 2 is 2.35 bits per heavy atom. The first-order valence-electron chi connectivity index (χ1n) is 5.88. The summed E-state index contributed by atoms with van der Waals surface area (Å²) >= 11 is 0. The van der Waals surface area contributed by atoms with E-state index in [1.54, 1.807) is 22.0 Å². The van der Waals surface area contributed by atoms with Gasteiger partial charge in [0.1, 0.15) is 12.2 Å². The SMILES string of the molecule is Cn1cnc(C(=O)N(CC#N)C2CCCC2)c1. The maximum atomic E-state index is 12.2. The summed E-state index contributed by atoms with van der Waals surface area (Å²) in [4.78, 5) is 17.9. The highest BCUT2D eigenvalue weighted by molar-refractivity contribution is 5.92. The molecule has 0 unspecified atom stereocenters. The lowest BCUT2D eigenvalue weighted by molar-refractivity contribution is 0.0704. The highest BCUT2D eigenvalue weighted by Gasteiger charge is 2.28. The van der Waals surface area contributed by atoms with Crippen LogP contribution in [0.2, 0.25) is 0 Å². The third-order valence-corrected chi connectivity index (χ3v) is 3.19. The van der Waals surface area contributed by atoms with E-state index < -0.39 is 0 Å². The maximum Gasteiger partial charge on any atom is 0.275 e. The van der Waals surface area contributed by atoms with Gasteiger partial charge in [0.2, 0.25) is 0 Å². The summed E-state index contributed by atoms with van der Waals surface area (Å²) in [7, 11) is 1.83. The molecule has 0 N–H and O–H groups in total. The Kier molecular flexibility index (Phi) is 3.43. The molecular formula is C12H16N4O. The number of aromatic nitrogens is 2. The van der Waals surface area contributed by atoms with Gasteiger partial charge in [0.25, 0.3) is 5.91 Å². The van der Waals surface area contributed by atoms with E-state index in [0.29, 0.717) is 5.69 Å². The number of nitrogens with zero attached hydrogens (tertiary/aromatic N) is 4. The Bertz CT molecular complexity index is 440. The van der Waals surface area contributed by atoms with E-state index in [-0.39, 0.29) is 18.5 Å². The van der Waals surface area contributed by atoms with Crippen LogP contribution in [0.4, 0.5) is 0 Å². The van der Waals surface area contributed by atoms with Gasteiger partial charge in [-0.15, -0.1) is 0 Å². The molecule has 0 atom stereocenters. The van der Waals surface area contributed by atoms with Crippen molar-refractivity contribution in [1.82, 2.24) is 14.5 Å². The fourth-order valence-electron chi connectivity index (χ4n) is 2.33. The lowest BCUT2D eigenvalue weighted by atomic mass is 10.2. The molecule has 1 heterocycles. The number of aryl methyl sites for hydroxylation is 1. The Morgan fingerprint density at radius 1 is 1.65 bits per heavy atom. The van der Waals surface area contributed by atoms with Gasteiger partial charge in [-0.2, -0.15) is 5.26 Å². The topological polar surface area (TPSA) is 61.9 Å². The Hall–Kier alpha value is -1.83. The summed E-state index contributed by atoms with van der Waals surface area (Å²) in [6, 6.07) is 2.28. The Labute approximate surface area is 101 Å². The van der Waals surface area contributed by atoms with E-state index in [2.05, 4.69) is 11.1 Å². The average Bonchev–Trinajstić information content (AvgIpc) is 2.95. The van der Waals surface area contributed by atoms with Gasteiger partial charge < -0.3 is 9.47 Å². The third kappa shape index (κ3) is 2.47.